The lowest BCUT2D eigenvalue weighted by Crippen LogP contribution is -2.39. The van der Waals surface area contributed by atoms with Crippen molar-refractivity contribution in [1.82, 2.24) is 4.90 Å². The Morgan fingerprint density at radius 3 is 2.60 bits per heavy atom. The fraction of sp³-hybridized carbons (Fsp3) is 0.833. The maximum absolute atomic E-state index is 8.61. The highest BCUT2D eigenvalue weighted by Crippen LogP contribution is 2.08. The number of amidine groups is 1. The first kappa shape index (κ1) is 7.88. The number of thioether (sulfide) groups is 1. The van der Waals surface area contributed by atoms with Crippen LogP contribution in [0.1, 0.15) is 0 Å². The SMILES string of the molecule is N=C(CO)N1CCSCC1. The van der Waals surface area contributed by atoms with Gasteiger partial charge in [-0.3, -0.25) is 5.41 Å². The Balaban J connectivity index is 2.31. The Labute approximate surface area is 64.9 Å². The zero-order valence-electron chi connectivity index (χ0n) is 5.84. The molecule has 1 heterocycles. The van der Waals surface area contributed by atoms with Gasteiger partial charge >= 0.3 is 0 Å². The van der Waals surface area contributed by atoms with E-state index in [0.29, 0.717) is 5.84 Å². The summed E-state index contributed by atoms with van der Waals surface area (Å²) in [5, 5.41) is 15.9. The van der Waals surface area contributed by atoms with E-state index in [4.69, 9.17) is 10.5 Å². The molecule has 4 heteroatoms. The molecule has 1 saturated heterocycles. The van der Waals surface area contributed by atoms with E-state index >= 15 is 0 Å². The van der Waals surface area contributed by atoms with E-state index < -0.39 is 0 Å². The molecule has 0 aromatic rings. The smallest absolute Gasteiger partial charge is 0.122 e. The van der Waals surface area contributed by atoms with Gasteiger partial charge in [0.25, 0.3) is 0 Å². The van der Waals surface area contributed by atoms with Gasteiger partial charge in [0, 0.05) is 24.6 Å². The zero-order valence-corrected chi connectivity index (χ0v) is 6.65. The van der Waals surface area contributed by atoms with Crippen molar-refractivity contribution in [1.29, 1.82) is 5.41 Å². The fourth-order valence-corrected chi connectivity index (χ4v) is 1.84. The Morgan fingerprint density at radius 1 is 1.50 bits per heavy atom. The summed E-state index contributed by atoms with van der Waals surface area (Å²) in [6.45, 7) is 1.72. The van der Waals surface area contributed by atoms with Crippen LogP contribution in [0.15, 0.2) is 0 Å². The molecule has 0 atom stereocenters. The molecule has 0 spiro atoms. The number of hydrogen-bond donors (Lipinski definition) is 2. The van der Waals surface area contributed by atoms with Gasteiger partial charge < -0.3 is 10.0 Å². The second-order valence-electron chi connectivity index (χ2n) is 2.20. The summed E-state index contributed by atoms with van der Waals surface area (Å²) in [5.74, 6) is 2.53. The topological polar surface area (TPSA) is 47.3 Å². The molecule has 0 radical (unpaired) electrons. The highest BCUT2D eigenvalue weighted by Gasteiger charge is 2.11. The number of aliphatic hydroxyl groups is 1. The van der Waals surface area contributed by atoms with Crippen LogP contribution in [0.5, 0.6) is 0 Å². The van der Waals surface area contributed by atoms with E-state index in [-0.39, 0.29) is 6.61 Å². The number of nitrogens with one attached hydrogen (secondary N) is 1. The summed E-state index contributed by atoms with van der Waals surface area (Å²) < 4.78 is 0. The van der Waals surface area contributed by atoms with Gasteiger partial charge in [-0.05, 0) is 0 Å². The normalized spacial score (nSPS) is 19.1. The molecule has 1 aliphatic rings. The van der Waals surface area contributed by atoms with Gasteiger partial charge in [-0.2, -0.15) is 11.8 Å². The lowest BCUT2D eigenvalue weighted by molar-refractivity contribution is 0.324. The van der Waals surface area contributed by atoms with Crippen LogP contribution in [0.3, 0.4) is 0 Å². The molecule has 1 rings (SSSR count). The highest BCUT2D eigenvalue weighted by molar-refractivity contribution is 7.99. The third-order valence-electron chi connectivity index (χ3n) is 1.54. The molecular formula is C6H12N2OS. The predicted molar refractivity (Wildman–Crippen MR) is 43.7 cm³/mol. The average Bonchev–Trinajstić information content (AvgIpc) is 2.05. The van der Waals surface area contributed by atoms with Crippen molar-refractivity contribution in [2.75, 3.05) is 31.2 Å². The predicted octanol–water partition coefficient (Wildman–Crippen LogP) is 0.00477. The first-order valence-electron chi connectivity index (χ1n) is 3.35. The summed E-state index contributed by atoms with van der Waals surface area (Å²) in [6, 6.07) is 0. The standard InChI is InChI=1S/C6H12N2OS/c7-6(5-9)8-1-3-10-4-2-8/h7,9H,1-5H2. The number of nitrogens with zero attached hydrogens (tertiary/aromatic N) is 1. The van der Waals surface area contributed by atoms with Crippen molar-refractivity contribution < 1.29 is 5.11 Å². The number of hydrogen-bond acceptors (Lipinski definition) is 3. The Morgan fingerprint density at radius 2 is 2.10 bits per heavy atom. The molecule has 0 bridgehead atoms. The van der Waals surface area contributed by atoms with Crippen molar-refractivity contribution in [3.05, 3.63) is 0 Å². The second kappa shape index (κ2) is 3.83. The third kappa shape index (κ3) is 1.88. The van der Waals surface area contributed by atoms with Crippen LogP contribution in [0.25, 0.3) is 0 Å². The van der Waals surface area contributed by atoms with Crippen LogP contribution < -0.4 is 0 Å². The van der Waals surface area contributed by atoms with Gasteiger partial charge in [0.05, 0.1) is 0 Å². The van der Waals surface area contributed by atoms with Gasteiger partial charge in [-0.25, -0.2) is 0 Å². The maximum Gasteiger partial charge on any atom is 0.122 e. The molecule has 0 amide bonds. The largest absolute Gasteiger partial charge is 0.388 e. The van der Waals surface area contributed by atoms with Crippen molar-refractivity contribution >= 4 is 17.6 Å². The molecule has 2 N–H and O–H groups in total. The summed E-state index contributed by atoms with van der Waals surface area (Å²) in [5.41, 5.74) is 0. The van der Waals surface area contributed by atoms with Gasteiger partial charge in [0.2, 0.25) is 0 Å². The van der Waals surface area contributed by atoms with E-state index in [1.54, 1.807) is 0 Å². The van der Waals surface area contributed by atoms with E-state index in [0.717, 1.165) is 24.6 Å². The monoisotopic (exact) mass is 160 g/mol. The maximum atomic E-state index is 8.61. The Kier molecular flexibility index (Phi) is 3.02. The first-order valence-corrected chi connectivity index (χ1v) is 4.51. The quantitative estimate of drug-likeness (QED) is 0.419. The molecule has 0 aromatic heterocycles. The summed E-state index contributed by atoms with van der Waals surface area (Å²) in [7, 11) is 0. The molecule has 0 aromatic carbocycles. The lowest BCUT2D eigenvalue weighted by atomic mass is 10.4. The first-order chi connectivity index (χ1) is 4.84. The molecule has 1 fully saturated rings. The fourth-order valence-electron chi connectivity index (χ4n) is 0.933. The molecule has 58 valence electrons. The summed E-state index contributed by atoms with van der Waals surface area (Å²) in [6.07, 6.45) is 0. The van der Waals surface area contributed by atoms with E-state index in [2.05, 4.69) is 0 Å². The minimum atomic E-state index is -0.120. The van der Waals surface area contributed by atoms with E-state index in [1.807, 2.05) is 16.7 Å². The van der Waals surface area contributed by atoms with Gasteiger partial charge in [-0.15, -0.1) is 0 Å². The molecule has 0 aliphatic carbocycles. The summed E-state index contributed by atoms with van der Waals surface area (Å²) in [4.78, 5) is 1.93. The van der Waals surface area contributed by atoms with Crippen molar-refractivity contribution in [2.45, 2.75) is 0 Å². The average molecular weight is 160 g/mol. The molecule has 3 nitrogen and oxygen atoms in total. The van der Waals surface area contributed by atoms with Crippen LogP contribution in [-0.2, 0) is 0 Å². The molecule has 0 saturated carbocycles. The van der Waals surface area contributed by atoms with Crippen LogP contribution in [0, 0.1) is 5.41 Å². The molecule has 0 unspecified atom stereocenters. The van der Waals surface area contributed by atoms with Gasteiger partial charge in [-0.1, -0.05) is 0 Å². The number of rotatable bonds is 1. The van der Waals surface area contributed by atoms with Crippen LogP contribution in [-0.4, -0.2) is 47.0 Å². The van der Waals surface area contributed by atoms with Crippen molar-refractivity contribution in [2.24, 2.45) is 0 Å². The van der Waals surface area contributed by atoms with E-state index in [1.165, 1.54) is 0 Å². The lowest BCUT2D eigenvalue weighted by Gasteiger charge is -2.27. The number of aliphatic hydroxyl groups excluding tert-OH is 1. The molecular weight excluding hydrogens is 148 g/mol. The van der Waals surface area contributed by atoms with Gasteiger partial charge in [0.15, 0.2) is 0 Å². The Hall–Kier alpha value is -0.220. The minimum absolute atomic E-state index is 0.120. The Bertz CT molecular complexity index is 123. The van der Waals surface area contributed by atoms with Crippen LogP contribution in [0.4, 0.5) is 0 Å². The third-order valence-corrected chi connectivity index (χ3v) is 2.49. The van der Waals surface area contributed by atoms with Crippen molar-refractivity contribution in [3.63, 3.8) is 0 Å². The molecule has 10 heavy (non-hydrogen) atoms. The summed E-state index contributed by atoms with van der Waals surface area (Å²) >= 11 is 1.91. The van der Waals surface area contributed by atoms with E-state index in [9.17, 15) is 0 Å². The zero-order chi connectivity index (χ0) is 7.40. The second-order valence-corrected chi connectivity index (χ2v) is 3.43. The minimum Gasteiger partial charge on any atom is -0.388 e. The molecule has 1 aliphatic heterocycles. The van der Waals surface area contributed by atoms with Crippen molar-refractivity contribution in [3.8, 4) is 0 Å². The highest BCUT2D eigenvalue weighted by atomic mass is 32.2. The van der Waals surface area contributed by atoms with Crippen LogP contribution >= 0.6 is 11.8 Å². The van der Waals surface area contributed by atoms with Gasteiger partial charge in [0.1, 0.15) is 12.4 Å². The van der Waals surface area contributed by atoms with Crippen LogP contribution in [0.2, 0.25) is 0 Å².